The highest BCUT2D eigenvalue weighted by atomic mass is 16.6. The number of ether oxygens (including phenoxy) is 2. The maximum atomic E-state index is 14.2. The molecule has 0 radical (unpaired) electrons. The Morgan fingerprint density at radius 1 is 1.05 bits per heavy atom. The first-order valence-corrected chi connectivity index (χ1v) is 15.9. The van der Waals surface area contributed by atoms with Gasteiger partial charge in [-0.3, -0.25) is 9.69 Å². The third-order valence-corrected chi connectivity index (χ3v) is 10.4. The quantitative estimate of drug-likeness (QED) is 0.243. The summed E-state index contributed by atoms with van der Waals surface area (Å²) in [5, 5.41) is 10.9. The molecule has 1 saturated carbocycles. The van der Waals surface area contributed by atoms with E-state index >= 15 is 0 Å². The van der Waals surface area contributed by atoms with Gasteiger partial charge in [-0.2, -0.15) is 0 Å². The van der Waals surface area contributed by atoms with Gasteiger partial charge >= 0.3 is 6.09 Å². The highest BCUT2D eigenvalue weighted by molar-refractivity contribution is 6.10. The van der Waals surface area contributed by atoms with Crippen molar-refractivity contribution in [3.05, 3.63) is 112 Å². The first-order chi connectivity index (χ1) is 21.2. The number of benzene rings is 3. The third kappa shape index (κ3) is 5.68. The fourth-order valence-corrected chi connectivity index (χ4v) is 7.81. The first-order valence-electron chi connectivity index (χ1n) is 15.9. The molecule has 3 aliphatic carbocycles. The molecule has 1 saturated heterocycles. The number of rotatable bonds is 5. The number of aliphatic hydroxyl groups excluding tert-OH is 1. The Morgan fingerprint density at radius 2 is 1.82 bits per heavy atom. The number of hydrogen-bond acceptors (Lipinski definition) is 5. The molecule has 4 aliphatic rings. The molecule has 3 aromatic carbocycles. The fraction of sp³-hybridized carbons (Fsp3) is 0.421. The van der Waals surface area contributed by atoms with E-state index in [0.29, 0.717) is 42.8 Å². The van der Waals surface area contributed by atoms with E-state index in [1.165, 1.54) is 5.57 Å². The van der Waals surface area contributed by atoms with Crippen LogP contribution >= 0.6 is 0 Å². The van der Waals surface area contributed by atoms with Crippen molar-refractivity contribution in [1.82, 2.24) is 4.90 Å². The van der Waals surface area contributed by atoms with Gasteiger partial charge in [0.25, 0.3) is 0 Å². The molecule has 4 atom stereocenters. The van der Waals surface area contributed by atoms with Crippen molar-refractivity contribution in [1.29, 1.82) is 0 Å². The molecule has 6 heteroatoms. The highest BCUT2D eigenvalue weighted by Crippen LogP contribution is 2.61. The summed E-state index contributed by atoms with van der Waals surface area (Å²) >= 11 is 0. The smallest absolute Gasteiger partial charge is 0.410 e. The Bertz CT molecular complexity index is 1550. The molecular formula is C38H43NO5. The molecule has 1 amide bonds. The lowest BCUT2D eigenvalue weighted by atomic mass is 9.64. The summed E-state index contributed by atoms with van der Waals surface area (Å²) in [6.45, 7) is 5.46. The van der Waals surface area contributed by atoms with Crippen LogP contribution in [0.25, 0.3) is 0 Å². The molecule has 0 aromatic heterocycles. The number of carbonyl (C=O) groups excluding carboxylic acids is 2. The van der Waals surface area contributed by atoms with Crippen molar-refractivity contribution < 1.29 is 24.2 Å². The molecule has 230 valence electrons. The zero-order chi connectivity index (χ0) is 30.9. The monoisotopic (exact) mass is 593 g/mol. The first kappa shape index (κ1) is 30.1. The van der Waals surface area contributed by atoms with Gasteiger partial charge in [-0.15, -0.1) is 0 Å². The van der Waals surface area contributed by atoms with Crippen LogP contribution in [0.15, 0.2) is 84.4 Å². The van der Waals surface area contributed by atoms with Gasteiger partial charge in [0, 0.05) is 23.1 Å². The standard InChI is InChI=1S/C38H43NO5/c1-26-8-7-20-37(2)34(19-21-38(37)25-39(36(42)44-38)24-27-9-5-4-6-10-27)32-18-12-28(22-30(40)15-11-26)23-33(32)35(41)29-13-16-31(43-3)17-14-29/h4-6,8-10,12-14,16-18,23,30,34,40H,7,11,15,19-22,24-25H2,1-3H3. The van der Waals surface area contributed by atoms with Gasteiger partial charge in [0.1, 0.15) is 11.4 Å². The Labute approximate surface area is 260 Å². The normalized spacial score (nSPS) is 27.0. The highest BCUT2D eigenvalue weighted by Gasteiger charge is 2.63. The largest absolute Gasteiger partial charge is 0.497 e. The van der Waals surface area contributed by atoms with Crippen LogP contribution in [0.4, 0.5) is 4.79 Å². The number of carbonyl (C=O) groups is 2. The van der Waals surface area contributed by atoms with Crippen LogP contribution in [0.3, 0.4) is 0 Å². The number of aliphatic hydroxyl groups is 1. The molecule has 3 aromatic rings. The van der Waals surface area contributed by atoms with Crippen LogP contribution in [0.1, 0.15) is 90.9 Å². The number of methoxy groups -OCH3 is 1. The van der Waals surface area contributed by atoms with Gasteiger partial charge in [-0.1, -0.05) is 61.0 Å². The van der Waals surface area contributed by atoms with Crippen LogP contribution in [0, 0.1) is 5.41 Å². The van der Waals surface area contributed by atoms with E-state index in [1.807, 2.05) is 65.6 Å². The van der Waals surface area contributed by atoms with Gasteiger partial charge in [0.05, 0.1) is 19.8 Å². The average Bonchev–Trinajstić information content (AvgIpc) is 3.50. The van der Waals surface area contributed by atoms with Crippen molar-refractivity contribution in [3.8, 4) is 5.75 Å². The SMILES string of the molecule is COc1ccc(C(=O)c2cc3ccc2C2CCC4(CN(Cc5ccccc5)C(=O)O4)C2(C)CCC=C(C)CCC(O)C3)cc1. The predicted octanol–water partition coefficient (Wildman–Crippen LogP) is 7.62. The summed E-state index contributed by atoms with van der Waals surface area (Å²) < 4.78 is 11.8. The van der Waals surface area contributed by atoms with Crippen molar-refractivity contribution in [3.63, 3.8) is 0 Å². The van der Waals surface area contributed by atoms with Crippen molar-refractivity contribution in [2.24, 2.45) is 5.41 Å². The van der Waals surface area contributed by atoms with Gasteiger partial charge < -0.3 is 14.6 Å². The Kier molecular flexibility index (Phi) is 8.38. The minimum Gasteiger partial charge on any atom is -0.497 e. The predicted molar refractivity (Wildman–Crippen MR) is 171 cm³/mol. The number of amides is 1. The van der Waals surface area contributed by atoms with Crippen LogP contribution in [-0.4, -0.2) is 47.2 Å². The van der Waals surface area contributed by atoms with Crippen molar-refractivity contribution in [2.45, 2.75) is 83.0 Å². The molecule has 1 heterocycles. The summed E-state index contributed by atoms with van der Waals surface area (Å²) in [7, 11) is 1.61. The van der Waals surface area contributed by atoms with E-state index in [-0.39, 0.29) is 17.8 Å². The maximum absolute atomic E-state index is 14.2. The summed E-state index contributed by atoms with van der Waals surface area (Å²) in [6, 6.07) is 23.5. The fourth-order valence-electron chi connectivity index (χ4n) is 7.81. The third-order valence-electron chi connectivity index (χ3n) is 10.4. The zero-order valence-electron chi connectivity index (χ0n) is 26.1. The summed E-state index contributed by atoms with van der Waals surface area (Å²) in [5.41, 5.74) is 4.51. The molecule has 4 unspecified atom stereocenters. The van der Waals surface area contributed by atoms with Crippen LogP contribution in [0.2, 0.25) is 0 Å². The molecule has 6 nitrogen and oxygen atoms in total. The summed E-state index contributed by atoms with van der Waals surface area (Å²) in [4.78, 5) is 29.5. The number of ketones is 1. The summed E-state index contributed by atoms with van der Waals surface area (Å²) in [6.07, 6.45) is 6.75. The van der Waals surface area contributed by atoms with Crippen LogP contribution in [0.5, 0.6) is 5.75 Å². The van der Waals surface area contributed by atoms with Crippen molar-refractivity contribution >= 4 is 11.9 Å². The van der Waals surface area contributed by atoms with E-state index in [2.05, 4.69) is 32.1 Å². The lowest BCUT2D eigenvalue weighted by Gasteiger charge is -2.43. The molecule has 1 aliphatic heterocycles. The van der Waals surface area contributed by atoms with Gasteiger partial charge in [0.15, 0.2) is 5.78 Å². The molecular weight excluding hydrogens is 550 g/mol. The van der Waals surface area contributed by atoms with E-state index < -0.39 is 17.1 Å². The molecule has 7 rings (SSSR count). The second-order valence-electron chi connectivity index (χ2n) is 13.2. The number of nitrogens with zero attached hydrogens (tertiary/aromatic N) is 1. The van der Waals surface area contributed by atoms with Crippen molar-refractivity contribution in [2.75, 3.05) is 13.7 Å². The average molecular weight is 594 g/mol. The minimum absolute atomic E-state index is 0.0137. The molecule has 2 bridgehead atoms. The van der Waals surface area contributed by atoms with E-state index in [9.17, 15) is 14.7 Å². The van der Waals surface area contributed by atoms with Gasteiger partial charge in [-0.25, -0.2) is 4.79 Å². The van der Waals surface area contributed by atoms with Gasteiger partial charge in [-0.05, 0) is 105 Å². The Balaban J connectivity index is 1.42. The van der Waals surface area contributed by atoms with Crippen LogP contribution in [-0.2, 0) is 17.7 Å². The lowest BCUT2D eigenvalue weighted by Crippen LogP contribution is -2.48. The minimum atomic E-state index is -0.655. The maximum Gasteiger partial charge on any atom is 0.410 e. The number of allylic oxidation sites excluding steroid dienone is 2. The van der Waals surface area contributed by atoms with E-state index in [4.69, 9.17) is 9.47 Å². The topological polar surface area (TPSA) is 76.1 Å². The molecule has 1 spiro atoms. The number of hydrogen-bond donors (Lipinski definition) is 1. The van der Waals surface area contributed by atoms with Crippen LogP contribution < -0.4 is 4.74 Å². The molecule has 44 heavy (non-hydrogen) atoms. The van der Waals surface area contributed by atoms with Gasteiger partial charge in [0.2, 0.25) is 0 Å². The summed E-state index contributed by atoms with van der Waals surface area (Å²) in [5.74, 6) is 0.670. The second-order valence-corrected chi connectivity index (χ2v) is 13.2. The zero-order valence-corrected chi connectivity index (χ0v) is 26.1. The van der Waals surface area contributed by atoms with E-state index in [1.54, 1.807) is 7.11 Å². The Hall–Kier alpha value is -3.90. The number of fused-ring (bicyclic) bond motifs is 8. The lowest BCUT2D eigenvalue weighted by molar-refractivity contribution is -0.0373. The molecule has 2 fully saturated rings. The second kappa shape index (κ2) is 12.2. The Morgan fingerprint density at radius 3 is 2.57 bits per heavy atom. The van der Waals surface area contributed by atoms with E-state index in [0.717, 1.165) is 48.8 Å². The molecule has 1 N–H and O–H groups in total.